The normalized spacial score (nSPS) is 27.7. The van der Waals surface area contributed by atoms with Crippen LogP contribution in [-0.4, -0.2) is 72.3 Å². The molecule has 3 fully saturated rings. The van der Waals surface area contributed by atoms with E-state index >= 15 is 0 Å². The quantitative estimate of drug-likeness (QED) is 0.393. The van der Waals surface area contributed by atoms with Crippen molar-refractivity contribution in [2.45, 2.75) is 51.0 Å². The van der Waals surface area contributed by atoms with Crippen LogP contribution in [0.1, 0.15) is 45.4 Å². The van der Waals surface area contributed by atoms with E-state index in [0.717, 1.165) is 50.8 Å². The highest BCUT2D eigenvalue weighted by Crippen LogP contribution is 2.31. The lowest BCUT2D eigenvalue weighted by Gasteiger charge is -2.35. The molecular formula is C17H33IN4O. The molecule has 0 bridgehead atoms. The number of aliphatic hydroxyl groups is 1. The van der Waals surface area contributed by atoms with Gasteiger partial charge in [0.25, 0.3) is 0 Å². The van der Waals surface area contributed by atoms with E-state index in [2.05, 4.69) is 22.0 Å². The predicted octanol–water partition coefficient (Wildman–Crippen LogP) is 1.90. The Labute approximate surface area is 157 Å². The summed E-state index contributed by atoms with van der Waals surface area (Å²) >= 11 is 0. The fraction of sp³-hybridized carbons (Fsp3) is 0.941. The molecule has 6 heteroatoms. The van der Waals surface area contributed by atoms with Gasteiger partial charge in [0.15, 0.2) is 5.96 Å². The van der Waals surface area contributed by atoms with E-state index in [0.29, 0.717) is 6.54 Å². The zero-order valence-electron chi connectivity index (χ0n) is 14.5. The summed E-state index contributed by atoms with van der Waals surface area (Å²) in [6.45, 7) is 9.61. The summed E-state index contributed by atoms with van der Waals surface area (Å²) in [6.07, 6.45) is 6.98. The second-order valence-electron chi connectivity index (χ2n) is 7.36. The predicted molar refractivity (Wildman–Crippen MR) is 106 cm³/mol. The Morgan fingerprint density at radius 1 is 1.22 bits per heavy atom. The van der Waals surface area contributed by atoms with Gasteiger partial charge in [-0.2, -0.15) is 0 Å². The molecular weight excluding hydrogens is 403 g/mol. The zero-order valence-corrected chi connectivity index (χ0v) is 16.8. The van der Waals surface area contributed by atoms with Crippen molar-refractivity contribution < 1.29 is 5.11 Å². The van der Waals surface area contributed by atoms with Gasteiger partial charge in [0.1, 0.15) is 0 Å². The first-order valence-electron chi connectivity index (χ1n) is 9.16. The molecule has 2 heterocycles. The van der Waals surface area contributed by atoms with Crippen molar-refractivity contribution in [2.75, 3.05) is 45.8 Å². The van der Waals surface area contributed by atoms with Crippen LogP contribution in [0, 0.1) is 5.92 Å². The highest BCUT2D eigenvalue weighted by Gasteiger charge is 2.34. The zero-order chi connectivity index (χ0) is 15.4. The molecule has 0 aromatic heterocycles. The Hall–Kier alpha value is -0.0800. The van der Waals surface area contributed by atoms with E-state index in [1.165, 1.54) is 38.9 Å². The molecule has 1 unspecified atom stereocenters. The molecule has 5 nitrogen and oxygen atoms in total. The molecule has 3 aliphatic rings. The number of hydrogen-bond donors (Lipinski definition) is 2. The molecule has 0 aromatic carbocycles. The number of nitrogens with zero attached hydrogens (tertiary/aromatic N) is 3. The monoisotopic (exact) mass is 436 g/mol. The van der Waals surface area contributed by atoms with Crippen LogP contribution in [0.3, 0.4) is 0 Å². The van der Waals surface area contributed by atoms with Crippen molar-refractivity contribution in [1.29, 1.82) is 0 Å². The summed E-state index contributed by atoms with van der Waals surface area (Å²) in [5.74, 6) is 1.78. The molecule has 0 aromatic rings. The smallest absolute Gasteiger partial charge is 0.194 e. The molecule has 134 valence electrons. The van der Waals surface area contributed by atoms with Gasteiger partial charge in [-0.25, -0.2) is 0 Å². The van der Waals surface area contributed by atoms with Crippen molar-refractivity contribution in [2.24, 2.45) is 10.9 Å². The third-order valence-electron chi connectivity index (χ3n) is 5.44. The molecule has 2 N–H and O–H groups in total. The molecule has 3 rings (SSSR count). The van der Waals surface area contributed by atoms with Crippen molar-refractivity contribution in [3.63, 3.8) is 0 Å². The van der Waals surface area contributed by atoms with E-state index < -0.39 is 5.60 Å². The lowest BCUT2D eigenvalue weighted by molar-refractivity contribution is -0.0237. The first-order chi connectivity index (χ1) is 10.7. The van der Waals surface area contributed by atoms with Gasteiger partial charge >= 0.3 is 0 Å². The van der Waals surface area contributed by atoms with Crippen LogP contribution in [0.25, 0.3) is 0 Å². The van der Waals surface area contributed by atoms with Gasteiger partial charge in [0, 0.05) is 26.2 Å². The molecule has 2 saturated heterocycles. The summed E-state index contributed by atoms with van der Waals surface area (Å²) in [4.78, 5) is 9.74. The topological polar surface area (TPSA) is 51.1 Å². The van der Waals surface area contributed by atoms with Gasteiger partial charge in [0.2, 0.25) is 0 Å². The molecule has 0 spiro atoms. The van der Waals surface area contributed by atoms with Crippen LogP contribution in [0.2, 0.25) is 0 Å². The standard InChI is InChI=1S/C17H32N4O.HI/c1-2-18-16(19-14-17(22)7-5-8-17)21-11-6-15(13-21)12-20-9-3-4-10-20;/h15,22H,2-14H2,1H3,(H,18,19);1H. The molecule has 2 aliphatic heterocycles. The van der Waals surface area contributed by atoms with Crippen LogP contribution in [0.5, 0.6) is 0 Å². The first-order valence-corrected chi connectivity index (χ1v) is 9.16. The maximum absolute atomic E-state index is 10.3. The Kier molecular flexibility index (Phi) is 7.41. The van der Waals surface area contributed by atoms with Gasteiger partial charge in [-0.15, -0.1) is 24.0 Å². The van der Waals surface area contributed by atoms with Crippen molar-refractivity contribution >= 4 is 29.9 Å². The lowest BCUT2D eigenvalue weighted by Crippen LogP contribution is -2.44. The van der Waals surface area contributed by atoms with Crippen molar-refractivity contribution in [3.05, 3.63) is 0 Å². The minimum absolute atomic E-state index is 0. The lowest BCUT2D eigenvalue weighted by atomic mass is 9.80. The van der Waals surface area contributed by atoms with Crippen LogP contribution in [0.4, 0.5) is 0 Å². The Bertz CT molecular complexity index is 394. The summed E-state index contributed by atoms with van der Waals surface area (Å²) in [7, 11) is 0. The summed E-state index contributed by atoms with van der Waals surface area (Å²) in [5, 5.41) is 13.7. The summed E-state index contributed by atoms with van der Waals surface area (Å²) in [5.41, 5.74) is -0.519. The van der Waals surface area contributed by atoms with E-state index in [9.17, 15) is 5.11 Å². The Morgan fingerprint density at radius 2 is 1.96 bits per heavy atom. The molecule has 1 saturated carbocycles. The molecule has 0 radical (unpaired) electrons. The number of aliphatic imine (C=N–C) groups is 1. The largest absolute Gasteiger partial charge is 0.388 e. The van der Waals surface area contributed by atoms with E-state index in [4.69, 9.17) is 4.99 Å². The van der Waals surface area contributed by atoms with Crippen LogP contribution in [0.15, 0.2) is 4.99 Å². The minimum atomic E-state index is -0.519. The number of likely N-dealkylation sites (tertiary alicyclic amines) is 2. The van der Waals surface area contributed by atoms with Gasteiger partial charge < -0.3 is 20.2 Å². The fourth-order valence-electron chi connectivity index (χ4n) is 3.90. The van der Waals surface area contributed by atoms with Crippen LogP contribution < -0.4 is 5.32 Å². The van der Waals surface area contributed by atoms with Gasteiger partial charge in [-0.1, -0.05) is 0 Å². The second kappa shape index (κ2) is 8.85. The third-order valence-corrected chi connectivity index (χ3v) is 5.44. The molecule has 0 amide bonds. The Balaban J connectivity index is 0.00000192. The number of hydrogen-bond acceptors (Lipinski definition) is 3. The van der Waals surface area contributed by atoms with E-state index in [-0.39, 0.29) is 24.0 Å². The van der Waals surface area contributed by atoms with Crippen molar-refractivity contribution in [3.8, 4) is 0 Å². The third kappa shape index (κ3) is 5.19. The van der Waals surface area contributed by atoms with Crippen LogP contribution in [-0.2, 0) is 0 Å². The highest BCUT2D eigenvalue weighted by atomic mass is 127. The first kappa shape index (κ1) is 19.2. The van der Waals surface area contributed by atoms with Crippen LogP contribution >= 0.6 is 24.0 Å². The van der Waals surface area contributed by atoms with Gasteiger partial charge in [-0.3, -0.25) is 4.99 Å². The maximum atomic E-state index is 10.3. The number of nitrogens with one attached hydrogen (secondary N) is 1. The molecule has 1 atom stereocenters. The molecule has 1 aliphatic carbocycles. The molecule has 23 heavy (non-hydrogen) atoms. The van der Waals surface area contributed by atoms with E-state index in [1.54, 1.807) is 0 Å². The highest BCUT2D eigenvalue weighted by molar-refractivity contribution is 14.0. The minimum Gasteiger partial charge on any atom is -0.388 e. The average molecular weight is 436 g/mol. The SMILES string of the molecule is CCNC(=NCC1(O)CCC1)N1CCC(CN2CCCC2)C1.I. The summed E-state index contributed by atoms with van der Waals surface area (Å²) in [6, 6.07) is 0. The number of rotatable bonds is 5. The Morgan fingerprint density at radius 3 is 2.57 bits per heavy atom. The second-order valence-corrected chi connectivity index (χ2v) is 7.36. The van der Waals surface area contributed by atoms with Gasteiger partial charge in [0.05, 0.1) is 12.1 Å². The average Bonchev–Trinajstić information content (AvgIpc) is 3.14. The van der Waals surface area contributed by atoms with E-state index in [1.807, 2.05) is 0 Å². The maximum Gasteiger partial charge on any atom is 0.194 e. The number of guanidine groups is 1. The van der Waals surface area contributed by atoms with Gasteiger partial charge in [-0.05, 0) is 64.5 Å². The van der Waals surface area contributed by atoms with Crippen molar-refractivity contribution in [1.82, 2.24) is 15.1 Å². The number of halogens is 1. The fourth-order valence-corrected chi connectivity index (χ4v) is 3.90. The summed E-state index contributed by atoms with van der Waals surface area (Å²) < 4.78 is 0.